The summed E-state index contributed by atoms with van der Waals surface area (Å²) in [6.45, 7) is 0.336. The third-order valence-electron chi connectivity index (χ3n) is 2.22. The first kappa shape index (κ1) is 12.8. The standard InChI is InChI=1S/C8H12F3N3O2/c9-8(10,11)7(16)14-3-5(4-14)13-2-1-6(12)15/h5,13H,1-4H2,(H2,12,15). The van der Waals surface area contributed by atoms with Gasteiger partial charge >= 0.3 is 12.1 Å². The lowest BCUT2D eigenvalue weighted by molar-refractivity contribution is -0.190. The summed E-state index contributed by atoms with van der Waals surface area (Å²) in [6, 6.07) is -0.189. The number of carbonyl (C=O) groups excluding carboxylic acids is 2. The quantitative estimate of drug-likeness (QED) is 0.676. The molecule has 5 nitrogen and oxygen atoms in total. The average Bonchev–Trinajstić information content (AvgIpc) is 2.05. The van der Waals surface area contributed by atoms with Crippen LogP contribution in [0.25, 0.3) is 0 Å². The molecule has 1 aliphatic heterocycles. The Kier molecular flexibility index (Phi) is 3.74. The summed E-state index contributed by atoms with van der Waals surface area (Å²) in [5, 5.41) is 2.82. The fourth-order valence-corrected chi connectivity index (χ4v) is 1.35. The van der Waals surface area contributed by atoms with Gasteiger partial charge in [0.25, 0.3) is 0 Å². The van der Waals surface area contributed by atoms with Crippen LogP contribution in [0.5, 0.6) is 0 Å². The van der Waals surface area contributed by atoms with Gasteiger partial charge in [-0.05, 0) is 0 Å². The number of nitrogens with zero attached hydrogens (tertiary/aromatic N) is 1. The highest BCUT2D eigenvalue weighted by molar-refractivity contribution is 5.82. The molecule has 3 N–H and O–H groups in total. The van der Waals surface area contributed by atoms with Gasteiger partial charge in [-0.15, -0.1) is 0 Å². The summed E-state index contributed by atoms with van der Waals surface area (Å²) in [5.41, 5.74) is 4.88. The Morgan fingerprint density at radius 2 is 1.94 bits per heavy atom. The lowest BCUT2D eigenvalue weighted by atomic mass is 10.1. The molecule has 0 atom stereocenters. The minimum absolute atomic E-state index is 0.0110. The molecule has 0 spiro atoms. The fraction of sp³-hybridized carbons (Fsp3) is 0.750. The zero-order valence-corrected chi connectivity index (χ0v) is 8.38. The maximum absolute atomic E-state index is 11.9. The number of hydrogen-bond donors (Lipinski definition) is 2. The highest BCUT2D eigenvalue weighted by atomic mass is 19.4. The number of nitrogens with two attached hydrogens (primary N) is 1. The zero-order chi connectivity index (χ0) is 12.3. The SMILES string of the molecule is NC(=O)CCNC1CN(C(=O)C(F)(F)F)C1. The van der Waals surface area contributed by atoms with Crippen molar-refractivity contribution in [2.75, 3.05) is 19.6 Å². The van der Waals surface area contributed by atoms with Crippen LogP contribution in [0, 0.1) is 0 Å². The second kappa shape index (κ2) is 4.69. The molecule has 1 fully saturated rings. The third-order valence-corrected chi connectivity index (χ3v) is 2.22. The van der Waals surface area contributed by atoms with E-state index in [1.807, 2.05) is 0 Å². The molecule has 2 amide bonds. The maximum Gasteiger partial charge on any atom is 0.471 e. The molecule has 1 saturated heterocycles. The van der Waals surface area contributed by atoms with Crippen molar-refractivity contribution in [1.82, 2.24) is 10.2 Å². The number of carbonyl (C=O) groups is 2. The molecule has 1 aliphatic rings. The van der Waals surface area contributed by atoms with Gasteiger partial charge in [0.15, 0.2) is 0 Å². The number of nitrogens with one attached hydrogen (secondary N) is 1. The predicted octanol–water partition coefficient (Wildman–Crippen LogP) is -0.776. The van der Waals surface area contributed by atoms with Gasteiger partial charge in [-0.3, -0.25) is 9.59 Å². The van der Waals surface area contributed by atoms with Crippen molar-refractivity contribution in [2.45, 2.75) is 18.6 Å². The fourth-order valence-electron chi connectivity index (χ4n) is 1.35. The molecular weight excluding hydrogens is 227 g/mol. The van der Waals surface area contributed by atoms with Crippen molar-refractivity contribution in [3.8, 4) is 0 Å². The summed E-state index contributed by atoms with van der Waals surface area (Å²) < 4.78 is 35.8. The van der Waals surface area contributed by atoms with Crippen molar-refractivity contribution in [3.05, 3.63) is 0 Å². The van der Waals surface area contributed by atoms with Gasteiger partial charge in [0.2, 0.25) is 5.91 Å². The minimum Gasteiger partial charge on any atom is -0.370 e. The summed E-state index contributed by atoms with van der Waals surface area (Å²) in [7, 11) is 0. The van der Waals surface area contributed by atoms with Gasteiger partial charge in [0, 0.05) is 32.1 Å². The van der Waals surface area contributed by atoms with Crippen LogP contribution in [0.4, 0.5) is 13.2 Å². The van der Waals surface area contributed by atoms with E-state index >= 15 is 0 Å². The largest absolute Gasteiger partial charge is 0.471 e. The van der Waals surface area contributed by atoms with E-state index in [9.17, 15) is 22.8 Å². The van der Waals surface area contributed by atoms with Crippen LogP contribution in [0.2, 0.25) is 0 Å². The average molecular weight is 239 g/mol. The zero-order valence-electron chi connectivity index (χ0n) is 8.38. The molecule has 8 heteroatoms. The molecule has 1 rings (SSSR count). The maximum atomic E-state index is 11.9. The highest BCUT2D eigenvalue weighted by Crippen LogP contribution is 2.21. The van der Waals surface area contributed by atoms with Crippen molar-refractivity contribution >= 4 is 11.8 Å². The van der Waals surface area contributed by atoms with Crippen LogP contribution >= 0.6 is 0 Å². The van der Waals surface area contributed by atoms with Crippen LogP contribution in [-0.2, 0) is 9.59 Å². The van der Waals surface area contributed by atoms with E-state index in [1.165, 1.54) is 0 Å². The Bertz CT molecular complexity index is 287. The Morgan fingerprint density at radius 3 is 2.38 bits per heavy atom. The summed E-state index contributed by atoms with van der Waals surface area (Å²) in [6.07, 6.45) is -4.68. The second-order valence-corrected chi connectivity index (χ2v) is 3.58. The van der Waals surface area contributed by atoms with Gasteiger partial charge < -0.3 is 16.0 Å². The second-order valence-electron chi connectivity index (χ2n) is 3.58. The van der Waals surface area contributed by atoms with E-state index in [0.717, 1.165) is 0 Å². The monoisotopic (exact) mass is 239 g/mol. The van der Waals surface area contributed by atoms with Crippen LogP contribution in [-0.4, -0.2) is 48.6 Å². The van der Waals surface area contributed by atoms with Crippen LogP contribution in [0.15, 0.2) is 0 Å². The van der Waals surface area contributed by atoms with Crippen molar-refractivity contribution in [2.24, 2.45) is 5.73 Å². The molecule has 0 radical (unpaired) electrons. The molecule has 0 bridgehead atoms. The van der Waals surface area contributed by atoms with Crippen LogP contribution in [0.3, 0.4) is 0 Å². The number of likely N-dealkylation sites (tertiary alicyclic amines) is 1. The first-order valence-corrected chi connectivity index (χ1v) is 4.68. The van der Waals surface area contributed by atoms with E-state index < -0.39 is 18.0 Å². The lowest BCUT2D eigenvalue weighted by Crippen LogP contribution is -2.62. The van der Waals surface area contributed by atoms with Gasteiger partial charge in [-0.25, -0.2) is 0 Å². The Balaban J connectivity index is 2.18. The van der Waals surface area contributed by atoms with Crippen molar-refractivity contribution < 1.29 is 22.8 Å². The normalized spacial score (nSPS) is 17.1. The number of hydrogen-bond acceptors (Lipinski definition) is 3. The van der Waals surface area contributed by atoms with Gasteiger partial charge in [-0.1, -0.05) is 0 Å². The van der Waals surface area contributed by atoms with Crippen molar-refractivity contribution in [1.29, 1.82) is 0 Å². The number of alkyl halides is 3. The lowest BCUT2D eigenvalue weighted by Gasteiger charge is -2.39. The smallest absolute Gasteiger partial charge is 0.370 e. The number of rotatable bonds is 4. The van der Waals surface area contributed by atoms with Crippen LogP contribution < -0.4 is 11.1 Å². The van der Waals surface area contributed by atoms with E-state index in [2.05, 4.69) is 5.32 Å². The van der Waals surface area contributed by atoms with Gasteiger partial charge in [-0.2, -0.15) is 13.2 Å². The molecule has 0 unspecified atom stereocenters. The summed E-state index contributed by atoms with van der Waals surface area (Å²) in [5.74, 6) is -2.30. The Morgan fingerprint density at radius 1 is 1.38 bits per heavy atom. The predicted molar refractivity (Wildman–Crippen MR) is 48.2 cm³/mol. The van der Waals surface area contributed by atoms with E-state index in [-0.39, 0.29) is 25.6 Å². The molecule has 0 aromatic rings. The van der Waals surface area contributed by atoms with Crippen LogP contribution in [0.1, 0.15) is 6.42 Å². The molecule has 0 aromatic heterocycles. The highest BCUT2D eigenvalue weighted by Gasteiger charge is 2.46. The molecular formula is C8H12F3N3O2. The van der Waals surface area contributed by atoms with Gasteiger partial charge in [0.1, 0.15) is 0 Å². The van der Waals surface area contributed by atoms with E-state index in [1.54, 1.807) is 0 Å². The molecule has 92 valence electrons. The van der Waals surface area contributed by atoms with Crippen molar-refractivity contribution in [3.63, 3.8) is 0 Å². The molecule has 0 aromatic carbocycles. The molecule has 16 heavy (non-hydrogen) atoms. The molecule has 0 aliphatic carbocycles. The summed E-state index contributed by atoms with van der Waals surface area (Å²) in [4.78, 5) is 21.7. The first-order valence-electron chi connectivity index (χ1n) is 4.68. The Hall–Kier alpha value is -1.31. The minimum atomic E-state index is -4.81. The molecule has 0 saturated carbocycles. The summed E-state index contributed by atoms with van der Waals surface area (Å²) >= 11 is 0. The van der Waals surface area contributed by atoms with Gasteiger partial charge in [0.05, 0.1) is 0 Å². The topological polar surface area (TPSA) is 75.4 Å². The number of amides is 2. The number of halogens is 3. The first-order chi connectivity index (χ1) is 7.30. The third kappa shape index (κ3) is 3.37. The van der Waals surface area contributed by atoms with E-state index in [0.29, 0.717) is 11.4 Å². The Labute approximate surface area is 89.8 Å². The number of primary amides is 1. The van der Waals surface area contributed by atoms with E-state index in [4.69, 9.17) is 5.73 Å². The molecule has 1 heterocycles.